The van der Waals surface area contributed by atoms with Crippen LogP contribution in [0.25, 0.3) is 0 Å². The first-order valence-electron chi connectivity index (χ1n) is 9.86. The predicted molar refractivity (Wildman–Crippen MR) is 104 cm³/mol. The Morgan fingerprint density at radius 2 is 0.783 bits per heavy atom. The van der Waals surface area contributed by atoms with E-state index in [2.05, 4.69) is 41.2 Å². The van der Waals surface area contributed by atoms with E-state index in [1.807, 2.05) is 0 Å². The van der Waals surface area contributed by atoms with Gasteiger partial charge >= 0.3 is 0 Å². The largest absolute Gasteiger partial charge is 1.00 e. The van der Waals surface area contributed by atoms with Gasteiger partial charge in [0.2, 0.25) is 0 Å². The van der Waals surface area contributed by atoms with E-state index in [1.165, 1.54) is 96.4 Å². The maximum absolute atomic E-state index is 3.00. The minimum Gasteiger partial charge on any atom is -1.00 e. The zero-order valence-corrected chi connectivity index (χ0v) is 18.4. The van der Waals surface area contributed by atoms with Crippen LogP contribution in [0.1, 0.15) is 96.8 Å². The third-order valence-electron chi connectivity index (χ3n) is 4.18. The van der Waals surface area contributed by atoms with Crippen molar-refractivity contribution in [2.75, 3.05) is 27.7 Å². The fraction of sp³-hybridized carbons (Fsp3) is 0.905. The smallest absolute Gasteiger partial charge is 0.0780 e. The molecule has 0 saturated heterocycles. The minimum absolute atomic E-state index is 0. The second-order valence-corrected chi connectivity index (χ2v) is 7.61. The average molecular weight is 393 g/mol. The van der Waals surface area contributed by atoms with Gasteiger partial charge in [0.05, 0.1) is 27.7 Å². The summed E-state index contributed by atoms with van der Waals surface area (Å²) in [6, 6.07) is 0. The van der Waals surface area contributed by atoms with E-state index in [1.54, 1.807) is 0 Å². The lowest BCUT2D eigenvalue weighted by Crippen LogP contribution is -3.00. The molecule has 0 fully saturated rings. The molecule has 0 spiro atoms. The average Bonchev–Trinajstić information content (AvgIpc) is 2.48. The molecule has 2 heteroatoms. The van der Waals surface area contributed by atoms with Crippen LogP contribution in [-0.2, 0) is 0 Å². The Bertz CT molecular complexity index is 199. The van der Waals surface area contributed by atoms with Crippen LogP contribution >= 0.6 is 0 Å². The van der Waals surface area contributed by atoms with Gasteiger partial charge in [-0.1, -0.05) is 84.0 Å². The highest BCUT2D eigenvalue weighted by Crippen LogP contribution is 2.13. The lowest BCUT2D eigenvalue weighted by Gasteiger charge is -2.23. The monoisotopic (exact) mass is 391 g/mol. The van der Waals surface area contributed by atoms with Gasteiger partial charge in [0.25, 0.3) is 0 Å². The third-order valence-corrected chi connectivity index (χ3v) is 4.18. The molecule has 1 nitrogen and oxygen atoms in total. The normalized spacial score (nSPS) is 10.6. The van der Waals surface area contributed by atoms with E-state index in [0.717, 1.165) is 4.48 Å². The van der Waals surface area contributed by atoms with Crippen LogP contribution in [0.5, 0.6) is 0 Å². The Morgan fingerprint density at radius 1 is 0.522 bits per heavy atom. The Kier molecular flexibility index (Phi) is 27.0. The summed E-state index contributed by atoms with van der Waals surface area (Å²) in [7, 11) is 6.88. The zero-order chi connectivity index (χ0) is 17.1. The van der Waals surface area contributed by atoms with Crippen molar-refractivity contribution in [3.63, 3.8) is 0 Å². The van der Waals surface area contributed by atoms with Crippen LogP contribution in [0.3, 0.4) is 0 Å². The van der Waals surface area contributed by atoms with Crippen molar-refractivity contribution in [1.82, 2.24) is 0 Å². The second-order valence-electron chi connectivity index (χ2n) is 7.61. The molecule has 142 valence electrons. The van der Waals surface area contributed by atoms with Crippen LogP contribution in [0, 0.1) is 0 Å². The number of quaternary nitrogens is 1. The first-order valence-corrected chi connectivity index (χ1v) is 9.86. The van der Waals surface area contributed by atoms with Crippen LogP contribution in [0.2, 0.25) is 0 Å². The topological polar surface area (TPSA) is 0 Å². The van der Waals surface area contributed by atoms with E-state index >= 15 is 0 Å². The molecule has 0 N–H and O–H groups in total. The van der Waals surface area contributed by atoms with Gasteiger partial charge in [-0.25, -0.2) is 0 Å². The first kappa shape index (κ1) is 28.0. The standard InChI is InChI=1S/C19H42N.C2H4.BrH/c1-5-6-7-8-9-10-11-12-13-14-15-16-17-18-19-20(2,3)4;1-2;/h5-19H2,1-4H3;1-2H2;1H/q+1;;/p-1. The van der Waals surface area contributed by atoms with E-state index in [4.69, 9.17) is 0 Å². The van der Waals surface area contributed by atoms with Crippen LogP contribution in [-0.4, -0.2) is 32.2 Å². The number of hydrogen-bond donors (Lipinski definition) is 0. The summed E-state index contributed by atoms with van der Waals surface area (Å²) in [6.45, 7) is 9.63. The van der Waals surface area contributed by atoms with E-state index in [-0.39, 0.29) is 17.0 Å². The molecular formula is C21H46BrN. The van der Waals surface area contributed by atoms with Gasteiger partial charge in [0.15, 0.2) is 0 Å². The molecule has 0 rings (SSSR count). The summed E-state index contributed by atoms with van der Waals surface area (Å²) in [5.41, 5.74) is 0. The molecule has 0 aliphatic rings. The minimum atomic E-state index is 0. The summed E-state index contributed by atoms with van der Waals surface area (Å²) >= 11 is 0. The van der Waals surface area contributed by atoms with E-state index in [0.29, 0.717) is 0 Å². The Balaban J connectivity index is -0.00000128. The Hall–Kier alpha value is 0.180. The summed E-state index contributed by atoms with van der Waals surface area (Å²) in [5, 5.41) is 0. The number of nitrogens with zero attached hydrogens (tertiary/aromatic N) is 1. The van der Waals surface area contributed by atoms with Gasteiger partial charge in [0.1, 0.15) is 0 Å². The Labute approximate surface area is 159 Å². The SMILES string of the molecule is C=C.CCCCCCCCCCCCCCCC[N+](C)(C)C.[Br-]. The highest BCUT2D eigenvalue weighted by atomic mass is 79.9. The second kappa shape index (κ2) is 22.2. The zero-order valence-electron chi connectivity index (χ0n) is 16.8. The van der Waals surface area contributed by atoms with Gasteiger partial charge in [-0.15, -0.1) is 13.2 Å². The van der Waals surface area contributed by atoms with Crippen molar-refractivity contribution in [1.29, 1.82) is 0 Å². The van der Waals surface area contributed by atoms with E-state index in [9.17, 15) is 0 Å². The van der Waals surface area contributed by atoms with E-state index < -0.39 is 0 Å². The van der Waals surface area contributed by atoms with Gasteiger partial charge in [0, 0.05) is 0 Å². The summed E-state index contributed by atoms with van der Waals surface area (Å²) in [6.07, 6.45) is 20.4. The molecule has 0 aliphatic carbocycles. The van der Waals surface area contributed by atoms with Gasteiger partial charge < -0.3 is 21.5 Å². The predicted octanol–water partition coefficient (Wildman–Crippen LogP) is 3.98. The molecule has 0 amide bonds. The molecule has 0 atom stereocenters. The number of unbranched alkanes of at least 4 members (excludes halogenated alkanes) is 13. The lowest BCUT2D eigenvalue weighted by atomic mass is 10.0. The fourth-order valence-electron chi connectivity index (χ4n) is 2.78. The van der Waals surface area contributed by atoms with Gasteiger partial charge in [-0.3, -0.25) is 0 Å². The molecule has 0 aromatic heterocycles. The van der Waals surface area contributed by atoms with Crippen molar-refractivity contribution in [2.24, 2.45) is 0 Å². The Morgan fingerprint density at radius 3 is 1.04 bits per heavy atom. The van der Waals surface area contributed by atoms with Crippen molar-refractivity contribution in [3.8, 4) is 0 Å². The fourth-order valence-corrected chi connectivity index (χ4v) is 2.78. The van der Waals surface area contributed by atoms with Gasteiger partial charge in [-0.2, -0.15) is 0 Å². The number of halogens is 1. The lowest BCUT2D eigenvalue weighted by molar-refractivity contribution is -0.870. The maximum atomic E-state index is 3.00. The van der Waals surface area contributed by atoms with Crippen LogP contribution in [0.15, 0.2) is 13.2 Å². The molecule has 23 heavy (non-hydrogen) atoms. The molecule has 0 radical (unpaired) electrons. The molecule has 0 heterocycles. The quantitative estimate of drug-likeness (QED) is 0.225. The highest BCUT2D eigenvalue weighted by Gasteiger charge is 2.04. The van der Waals surface area contributed by atoms with Crippen LogP contribution in [0.4, 0.5) is 0 Å². The molecular weight excluding hydrogens is 346 g/mol. The number of rotatable bonds is 15. The summed E-state index contributed by atoms with van der Waals surface area (Å²) < 4.78 is 1.12. The maximum Gasteiger partial charge on any atom is 0.0780 e. The highest BCUT2D eigenvalue weighted by molar-refractivity contribution is 4.49. The molecule has 0 aliphatic heterocycles. The first-order chi connectivity index (χ1) is 10.6. The van der Waals surface area contributed by atoms with Gasteiger partial charge in [-0.05, 0) is 12.8 Å². The van der Waals surface area contributed by atoms with Crippen molar-refractivity contribution >= 4 is 0 Å². The molecule has 0 aromatic carbocycles. The van der Waals surface area contributed by atoms with Crippen LogP contribution < -0.4 is 17.0 Å². The number of hydrogen-bond acceptors (Lipinski definition) is 0. The molecule has 0 unspecified atom stereocenters. The molecule has 0 aromatic rings. The third kappa shape index (κ3) is 30.6. The van der Waals surface area contributed by atoms with Crippen molar-refractivity contribution in [3.05, 3.63) is 13.2 Å². The summed E-state index contributed by atoms with van der Waals surface area (Å²) in [5.74, 6) is 0. The molecule has 0 bridgehead atoms. The molecule has 0 saturated carbocycles. The summed E-state index contributed by atoms with van der Waals surface area (Å²) in [4.78, 5) is 0. The van der Waals surface area contributed by atoms with Crippen molar-refractivity contribution in [2.45, 2.75) is 96.8 Å². The van der Waals surface area contributed by atoms with Crippen molar-refractivity contribution < 1.29 is 21.5 Å².